The van der Waals surface area contributed by atoms with E-state index in [1.807, 2.05) is 0 Å². The number of carbonyl (C=O) groups is 1. The number of halogens is 3. The maximum atomic E-state index is 15.7. The van der Waals surface area contributed by atoms with Crippen molar-refractivity contribution in [1.29, 1.82) is 0 Å². The lowest BCUT2D eigenvalue weighted by Crippen LogP contribution is -2.44. The first-order valence-corrected chi connectivity index (χ1v) is 11.9. The fraction of sp³-hybridized carbons (Fsp3) is 0.333. The third kappa shape index (κ3) is 5.06. The van der Waals surface area contributed by atoms with E-state index in [1.165, 1.54) is 27.4 Å². The summed E-state index contributed by atoms with van der Waals surface area (Å²) < 4.78 is 61.3. The van der Waals surface area contributed by atoms with Crippen LogP contribution in [-0.2, 0) is 6.54 Å². The van der Waals surface area contributed by atoms with Gasteiger partial charge in [0.05, 0.1) is 44.3 Å². The zero-order valence-electron chi connectivity index (χ0n) is 21.3. The molecule has 1 fully saturated rings. The largest absolute Gasteiger partial charge is 0.493 e. The Labute approximate surface area is 217 Å². The summed E-state index contributed by atoms with van der Waals surface area (Å²) >= 11 is 0. The number of pyridine rings is 1. The molecule has 0 radical (unpaired) electrons. The highest BCUT2D eigenvalue weighted by atomic mass is 19.1. The van der Waals surface area contributed by atoms with E-state index >= 15 is 8.78 Å². The molecule has 1 aromatic heterocycles. The lowest BCUT2D eigenvalue weighted by molar-refractivity contribution is 0.104. The van der Waals surface area contributed by atoms with Crippen molar-refractivity contribution in [1.82, 2.24) is 9.88 Å². The molecule has 8 nitrogen and oxygen atoms in total. The van der Waals surface area contributed by atoms with Gasteiger partial charge in [-0.2, -0.15) is 0 Å². The number of nitrogens with zero attached hydrogens (tertiary/aromatic N) is 2. The molecule has 1 N–H and O–H groups in total. The lowest BCUT2D eigenvalue weighted by Gasteiger charge is -2.30. The minimum Gasteiger partial charge on any atom is -0.493 e. The molecule has 1 aliphatic rings. The average molecular weight is 532 g/mol. The zero-order valence-corrected chi connectivity index (χ0v) is 21.3. The van der Waals surface area contributed by atoms with Crippen LogP contribution in [0.3, 0.4) is 0 Å². The van der Waals surface area contributed by atoms with Gasteiger partial charge in [-0.15, -0.1) is 0 Å². The molecule has 0 spiro atoms. The van der Waals surface area contributed by atoms with Crippen molar-refractivity contribution >= 4 is 28.4 Å². The summed E-state index contributed by atoms with van der Waals surface area (Å²) in [4.78, 5) is 27.9. The molecule has 0 aliphatic carbocycles. The van der Waals surface area contributed by atoms with Crippen LogP contribution < -0.4 is 29.9 Å². The molecule has 4 rings (SSSR count). The van der Waals surface area contributed by atoms with E-state index in [9.17, 15) is 14.0 Å². The van der Waals surface area contributed by atoms with Crippen LogP contribution in [0.1, 0.15) is 15.9 Å². The SMILES string of the molecule is COc1cc(C=CC(=O)c2cn(CCF)c3c(F)c(N4CCNCC4)c(F)cc3c2=O)cc(OC)c1OC. The van der Waals surface area contributed by atoms with Gasteiger partial charge >= 0.3 is 0 Å². The number of aryl methyl sites for hydroxylation is 1. The molecular formula is C27H28F3N3O5. The Kier molecular flexibility index (Phi) is 8.26. The second-order valence-electron chi connectivity index (χ2n) is 8.56. The second kappa shape index (κ2) is 11.6. The highest BCUT2D eigenvalue weighted by Gasteiger charge is 2.25. The predicted octanol–water partition coefficient (Wildman–Crippen LogP) is 3.58. The van der Waals surface area contributed by atoms with Gasteiger partial charge in [0.15, 0.2) is 23.1 Å². The summed E-state index contributed by atoms with van der Waals surface area (Å²) in [5.41, 5.74) is -1.20. The molecule has 2 aromatic carbocycles. The number of methoxy groups -OCH3 is 3. The number of nitrogens with one attached hydrogen (secondary N) is 1. The molecule has 3 aromatic rings. The van der Waals surface area contributed by atoms with Crippen LogP contribution in [0.2, 0.25) is 0 Å². The first kappa shape index (κ1) is 27.1. The van der Waals surface area contributed by atoms with Crippen LogP contribution in [-0.4, -0.2) is 64.5 Å². The molecule has 11 heteroatoms. The Morgan fingerprint density at radius 3 is 2.29 bits per heavy atom. The van der Waals surface area contributed by atoms with Gasteiger partial charge in [0.25, 0.3) is 0 Å². The highest BCUT2D eigenvalue weighted by Crippen LogP contribution is 2.38. The number of anilines is 1. The predicted molar refractivity (Wildman–Crippen MR) is 139 cm³/mol. The average Bonchev–Trinajstić information content (AvgIpc) is 2.93. The summed E-state index contributed by atoms with van der Waals surface area (Å²) in [6.07, 6.45) is 3.70. The normalized spacial score (nSPS) is 13.8. The summed E-state index contributed by atoms with van der Waals surface area (Å²) in [5.74, 6) is -1.50. The number of piperazine rings is 1. The Hall–Kier alpha value is -3.99. The van der Waals surface area contributed by atoms with E-state index in [0.29, 0.717) is 49.0 Å². The van der Waals surface area contributed by atoms with Crippen LogP contribution in [0.4, 0.5) is 18.9 Å². The third-order valence-electron chi connectivity index (χ3n) is 6.37. The molecule has 0 bridgehead atoms. The Morgan fingerprint density at radius 1 is 1.05 bits per heavy atom. The molecule has 0 saturated carbocycles. The maximum Gasteiger partial charge on any atom is 0.203 e. The molecule has 202 valence electrons. The van der Waals surface area contributed by atoms with Crippen LogP contribution >= 0.6 is 0 Å². The number of ether oxygens (including phenoxy) is 3. The van der Waals surface area contributed by atoms with Crippen LogP contribution in [0.15, 0.2) is 35.3 Å². The number of hydrogen-bond acceptors (Lipinski definition) is 7. The van der Waals surface area contributed by atoms with Gasteiger partial charge < -0.3 is 29.0 Å². The molecule has 1 aliphatic heterocycles. The van der Waals surface area contributed by atoms with E-state index < -0.39 is 29.5 Å². The van der Waals surface area contributed by atoms with Crippen molar-refractivity contribution < 1.29 is 32.2 Å². The van der Waals surface area contributed by atoms with E-state index in [4.69, 9.17) is 14.2 Å². The fourth-order valence-electron chi connectivity index (χ4n) is 4.56. The van der Waals surface area contributed by atoms with Gasteiger partial charge in [0.2, 0.25) is 11.2 Å². The topological polar surface area (TPSA) is 82.0 Å². The minimum atomic E-state index is -0.959. The molecule has 38 heavy (non-hydrogen) atoms. The Bertz CT molecular complexity index is 1420. The standard InChI is InChI=1S/C27H28F3N3O5/c1-36-21-12-16(13-22(37-2)27(21)38-3)4-5-20(34)18-15-33(9-6-28)24-17(26(18)35)14-19(29)25(23(24)30)32-10-7-31-8-11-32/h4-5,12-15,31H,6-11H2,1-3H3. The number of ketones is 1. The molecular weight excluding hydrogens is 503 g/mol. The monoisotopic (exact) mass is 531 g/mol. The number of rotatable bonds is 9. The highest BCUT2D eigenvalue weighted by molar-refractivity contribution is 6.08. The first-order chi connectivity index (χ1) is 18.3. The van der Waals surface area contributed by atoms with Gasteiger partial charge in [-0.1, -0.05) is 6.08 Å². The van der Waals surface area contributed by atoms with Crippen molar-refractivity contribution in [2.75, 3.05) is 59.1 Å². The number of benzene rings is 2. The van der Waals surface area contributed by atoms with Crippen molar-refractivity contribution in [3.05, 3.63) is 63.5 Å². The van der Waals surface area contributed by atoms with Crippen LogP contribution in [0.5, 0.6) is 17.2 Å². The molecule has 0 unspecified atom stereocenters. The molecule has 2 heterocycles. The second-order valence-corrected chi connectivity index (χ2v) is 8.56. The lowest BCUT2D eigenvalue weighted by atomic mass is 10.0. The van der Waals surface area contributed by atoms with Crippen molar-refractivity contribution in [3.8, 4) is 17.2 Å². The Balaban J connectivity index is 1.79. The number of hydrogen-bond donors (Lipinski definition) is 1. The van der Waals surface area contributed by atoms with E-state index in [0.717, 1.165) is 22.9 Å². The van der Waals surface area contributed by atoms with E-state index in [1.54, 1.807) is 17.0 Å². The fourth-order valence-corrected chi connectivity index (χ4v) is 4.56. The van der Waals surface area contributed by atoms with Crippen molar-refractivity contribution in [2.45, 2.75) is 6.54 Å². The van der Waals surface area contributed by atoms with Crippen LogP contribution in [0, 0.1) is 11.6 Å². The Morgan fingerprint density at radius 2 is 1.71 bits per heavy atom. The number of carbonyl (C=O) groups excluding carboxylic acids is 1. The van der Waals surface area contributed by atoms with Gasteiger partial charge in [0.1, 0.15) is 18.2 Å². The summed E-state index contributed by atoms with van der Waals surface area (Å²) in [6.45, 7) is 0.619. The summed E-state index contributed by atoms with van der Waals surface area (Å²) in [5, 5.41) is 2.77. The van der Waals surface area contributed by atoms with Gasteiger partial charge in [-0.25, -0.2) is 13.2 Å². The third-order valence-corrected chi connectivity index (χ3v) is 6.37. The van der Waals surface area contributed by atoms with Gasteiger partial charge in [-0.05, 0) is 29.8 Å². The minimum absolute atomic E-state index is 0.243. The maximum absolute atomic E-state index is 15.7. The summed E-state index contributed by atoms with van der Waals surface area (Å²) in [6, 6.07) is 4.14. The first-order valence-electron chi connectivity index (χ1n) is 11.9. The van der Waals surface area contributed by atoms with E-state index in [-0.39, 0.29) is 28.7 Å². The number of fused-ring (bicyclic) bond motifs is 1. The number of alkyl halides is 1. The smallest absolute Gasteiger partial charge is 0.203 e. The van der Waals surface area contributed by atoms with Gasteiger partial charge in [-0.3, -0.25) is 9.59 Å². The van der Waals surface area contributed by atoms with Gasteiger partial charge in [0, 0.05) is 32.4 Å². The van der Waals surface area contributed by atoms with Crippen LogP contribution in [0.25, 0.3) is 17.0 Å². The molecule has 1 saturated heterocycles. The number of aromatic nitrogens is 1. The van der Waals surface area contributed by atoms with E-state index in [2.05, 4.69) is 5.32 Å². The molecule has 0 atom stereocenters. The molecule has 0 amide bonds. The zero-order chi connectivity index (χ0) is 27.4. The van der Waals surface area contributed by atoms with Crippen molar-refractivity contribution in [3.63, 3.8) is 0 Å². The number of allylic oxidation sites excluding steroid dienone is 1. The van der Waals surface area contributed by atoms with Crippen molar-refractivity contribution in [2.24, 2.45) is 0 Å². The summed E-state index contributed by atoms with van der Waals surface area (Å²) in [7, 11) is 4.36. The quantitative estimate of drug-likeness (QED) is 0.334.